The second-order valence-electron chi connectivity index (χ2n) is 9.72. The number of ether oxygens (including phenoxy) is 1. The third-order valence-corrected chi connectivity index (χ3v) is 6.52. The largest absolute Gasteiger partial charge is 0.381 e. The predicted octanol–water partition coefficient (Wildman–Crippen LogP) is 4.12. The summed E-state index contributed by atoms with van der Waals surface area (Å²) in [7, 11) is 1.74. The number of aromatic amines is 1. The monoisotopic (exact) mass is 479 g/mol. The average Bonchev–Trinajstić information content (AvgIpc) is 3.46. The maximum absolute atomic E-state index is 13.8. The number of pyridine rings is 1. The van der Waals surface area contributed by atoms with Crippen molar-refractivity contribution in [2.75, 3.05) is 19.0 Å². The van der Waals surface area contributed by atoms with Gasteiger partial charge in [0.2, 0.25) is 5.95 Å². The number of methoxy groups -OCH3 is 1. The summed E-state index contributed by atoms with van der Waals surface area (Å²) in [4.78, 5) is 25.0. The molecule has 4 aromatic rings. The minimum Gasteiger partial charge on any atom is -0.381 e. The number of alkyl halides is 1. The van der Waals surface area contributed by atoms with Crippen LogP contribution >= 0.6 is 0 Å². The van der Waals surface area contributed by atoms with E-state index < -0.39 is 5.67 Å². The maximum atomic E-state index is 13.8. The van der Waals surface area contributed by atoms with E-state index in [0.29, 0.717) is 17.2 Å². The summed E-state index contributed by atoms with van der Waals surface area (Å²) in [5, 5.41) is 11.3. The van der Waals surface area contributed by atoms with Crippen molar-refractivity contribution < 1.29 is 13.9 Å². The molecule has 9 nitrogen and oxygen atoms in total. The molecule has 0 aromatic carbocycles. The van der Waals surface area contributed by atoms with E-state index in [-0.39, 0.29) is 24.6 Å². The number of carbonyl (C=O) groups is 1. The standard InChI is InChI=1S/C25H30FN7O2/c1-25(2,26)14-29-24-28-12-19-18(11-27-22(19)32-24)15-8-9-33-21(10-15)20(13-30-33)23(34)31-16-4-6-17(35-3)7-5-16/h8-13,16-17H,4-7,14H2,1-3H3,(H,31,34)(H2,27,28,29,32). The van der Waals surface area contributed by atoms with Gasteiger partial charge < -0.3 is 20.4 Å². The summed E-state index contributed by atoms with van der Waals surface area (Å²) < 4.78 is 20.9. The van der Waals surface area contributed by atoms with Crippen LogP contribution in [0.2, 0.25) is 0 Å². The molecule has 0 aliphatic heterocycles. The number of hydrogen-bond acceptors (Lipinski definition) is 6. The van der Waals surface area contributed by atoms with Crippen LogP contribution in [-0.2, 0) is 4.74 Å². The Morgan fingerprint density at radius 1 is 1.29 bits per heavy atom. The lowest BCUT2D eigenvalue weighted by atomic mass is 9.93. The highest BCUT2D eigenvalue weighted by molar-refractivity contribution is 6.02. The van der Waals surface area contributed by atoms with Crippen molar-refractivity contribution in [1.82, 2.24) is 29.9 Å². The number of amides is 1. The third kappa shape index (κ3) is 4.97. The zero-order valence-electron chi connectivity index (χ0n) is 20.1. The number of rotatable bonds is 7. The van der Waals surface area contributed by atoms with Crippen molar-refractivity contribution in [2.24, 2.45) is 0 Å². The topological polar surface area (TPSA) is 109 Å². The predicted molar refractivity (Wildman–Crippen MR) is 132 cm³/mol. The van der Waals surface area contributed by atoms with E-state index >= 15 is 0 Å². The quantitative estimate of drug-likeness (QED) is 0.368. The van der Waals surface area contributed by atoms with Gasteiger partial charge in [-0.15, -0.1) is 0 Å². The number of halogens is 1. The third-order valence-electron chi connectivity index (χ3n) is 6.52. The van der Waals surface area contributed by atoms with Crippen molar-refractivity contribution in [3.8, 4) is 11.1 Å². The lowest BCUT2D eigenvalue weighted by Gasteiger charge is -2.28. The van der Waals surface area contributed by atoms with Gasteiger partial charge in [0.15, 0.2) is 0 Å². The summed E-state index contributed by atoms with van der Waals surface area (Å²) in [6.07, 6.45) is 11.0. The Morgan fingerprint density at radius 2 is 2.09 bits per heavy atom. The Morgan fingerprint density at radius 3 is 2.83 bits per heavy atom. The molecule has 0 atom stereocenters. The number of H-pyrrole nitrogens is 1. The first-order valence-electron chi connectivity index (χ1n) is 11.9. The number of anilines is 1. The average molecular weight is 480 g/mol. The molecule has 0 radical (unpaired) electrons. The van der Waals surface area contributed by atoms with Crippen molar-refractivity contribution in [3.63, 3.8) is 0 Å². The highest BCUT2D eigenvalue weighted by Gasteiger charge is 2.24. The zero-order chi connectivity index (χ0) is 24.6. The Labute approximate surface area is 202 Å². The first-order valence-corrected chi connectivity index (χ1v) is 11.9. The second kappa shape index (κ2) is 9.26. The number of nitrogens with one attached hydrogen (secondary N) is 3. The molecule has 0 bridgehead atoms. The van der Waals surface area contributed by atoms with E-state index in [1.54, 1.807) is 24.0 Å². The van der Waals surface area contributed by atoms with E-state index in [1.165, 1.54) is 13.8 Å². The van der Waals surface area contributed by atoms with Gasteiger partial charge in [-0.05, 0) is 57.2 Å². The smallest absolute Gasteiger partial charge is 0.255 e. The molecule has 1 aliphatic rings. The van der Waals surface area contributed by atoms with Crippen LogP contribution in [0, 0.1) is 0 Å². The van der Waals surface area contributed by atoms with Crippen LogP contribution in [0.25, 0.3) is 27.7 Å². The molecule has 10 heteroatoms. The summed E-state index contributed by atoms with van der Waals surface area (Å²) in [5.41, 5.74) is 2.36. The van der Waals surface area contributed by atoms with Crippen LogP contribution in [0.5, 0.6) is 0 Å². The lowest BCUT2D eigenvalue weighted by Crippen LogP contribution is -2.38. The molecule has 35 heavy (non-hydrogen) atoms. The fourth-order valence-electron chi connectivity index (χ4n) is 4.55. The van der Waals surface area contributed by atoms with Gasteiger partial charge in [-0.2, -0.15) is 10.1 Å². The molecule has 1 saturated carbocycles. The summed E-state index contributed by atoms with van der Waals surface area (Å²) in [6, 6.07) is 4.03. The molecule has 0 spiro atoms. The molecule has 5 rings (SSSR count). The highest BCUT2D eigenvalue weighted by atomic mass is 19.1. The zero-order valence-corrected chi connectivity index (χ0v) is 20.1. The summed E-state index contributed by atoms with van der Waals surface area (Å²) >= 11 is 0. The molecule has 0 saturated heterocycles. The van der Waals surface area contributed by atoms with Gasteiger partial charge in [0, 0.05) is 42.7 Å². The molecule has 4 heterocycles. The Hall–Kier alpha value is -3.53. The number of aromatic nitrogens is 5. The molecular formula is C25H30FN7O2. The normalized spacial score (nSPS) is 18.7. The van der Waals surface area contributed by atoms with Crippen LogP contribution in [0.3, 0.4) is 0 Å². The van der Waals surface area contributed by atoms with E-state index in [4.69, 9.17) is 4.74 Å². The van der Waals surface area contributed by atoms with Gasteiger partial charge >= 0.3 is 0 Å². The van der Waals surface area contributed by atoms with E-state index in [0.717, 1.165) is 47.7 Å². The molecule has 1 fully saturated rings. The number of hydrogen-bond donors (Lipinski definition) is 3. The van der Waals surface area contributed by atoms with Gasteiger partial charge in [0.1, 0.15) is 11.3 Å². The Balaban J connectivity index is 1.38. The number of nitrogens with zero attached hydrogens (tertiary/aromatic N) is 4. The number of fused-ring (bicyclic) bond motifs is 2. The van der Waals surface area contributed by atoms with Gasteiger partial charge in [-0.3, -0.25) is 4.79 Å². The van der Waals surface area contributed by atoms with Crippen LogP contribution in [0.1, 0.15) is 49.9 Å². The van der Waals surface area contributed by atoms with Gasteiger partial charge in [-0.1, -0.05) is 0 Å². The van der Waals surface area contributed by atoms with Gasteiger partial charge in [-0.25, -0.2) is 13.9 Å². The lowest BCUT2D eigenvalue weighted by molar-refractivity contribution is 0.0599. The molecule has 3 N–H and O–H groups in total. The molecule has 184 valence electrons. The molecule has 0 unspecified atom stereocenters. The van der Waals surface area contributed by atoms with E-state index in [1.807, 2.05) is 24.5 Å². The molecule has 4 aromatic heterocycles. The van der Waals surface area contributed by atoms with Crippen LogP contribution in [-0.4, -0.2) is 61.9 Å². The SMILES string of the molecule is COC1CCC(NC(=O)c2cnn3ccc(-c4c[nH]c5nc(NCC(C)(C)F)ncc45)cc23)CC1. The van der Waals surface area contributed by atoms with Crippen LogP contribution in [0.4, 0.5) is 10.3 Å². The molecular weight excluding hydrogens is 449 g/mol. The maximum Gasteiger partial charge on any atom is 0.255 e. The summed E-state index contributed by atoms with van der Waals surface area (Å²) in [5.74, 6) is 0.244. The first-order chi connectivity index (χ1) is 16.8. The fraction of sp³-hybridized carbons (Fsp3) is 0.440. The van der Waals surface area contributed by atoms with Gasteiger partial charge in [0.05, 0.1) is 29.9 Å². The van der Waals surface area contributed by atoms with Crippen LogP contribution in [0.15, 0.2) is 36.9 Å². The Bertz CT molecular complexity index is 1350. The fourth-order valence-corrected chi connectivity index (χ4v) is 4.55. The van der Waals surface area contributed by atoms with Gasteiger partial charge in [0.25, 0.3) is 5.91 Å². The van der Waals surface area contributed by atoms with Crippen molar-refractivity contribution in [1.29, 1.82) is 0 Å². The molecule has 1 aliphatic carbocycles. The summed E-state index contributed by atoms with van der Waals surface area (Å²) in [6.45, 7) is 3.11. The van der Waals surface area contributed by atoms with E-state index in [2.05, 4.69) is 30.7 Å². The minimum absolute atomic E-state index is 0.114. The highest BCUT2D eigenvalue weighted by Crippen LogP contribution is 2.29. The minimum atomic E-state index is -1.37. The first kappa shape index (κ1) is 23.2. The second-order valence-corrected chi connectivity index (χ2v) is 9.72. The molecule has 1 amide bonds. The Kier molecular flexibility index (Phi) is 6.14. The van der Waals surface area contributed by atoms with Crippen molar-refractivity contribution in [2.45, 2.75) is 57.3 Å². The van der Waals surface area contributed by atoms with Crippen molar-refractivity contribution in [3.05, 3.63) is 42.5 Å². The van der Waals surface area contributed by atoms with Crippen molar-refractivity contribution >= 4 is 28.4 Å². The van der Waals surface area contributed by atoms with E-state index in [9.17, 15) is 9.18 Å². The van der Waals surface area contributed by atoms with Crippen LogP contribution < -0.4 is 10.6 Å². The number of carbonyl (C=O) groups excluding carboxylic acids is 1.